The van der Waals surface area contributed by atoms with Crippen LogP contribution in [0.3, 0.4) is 0 Å². The zero-order valence-corrected chi connectivity index (χ0v) is 10.2. The van der Waals surface area contributed by atoms with E-state index in [1.165, 1.54) is 13.0 Å². The Kier molecular flexibility index (Phi) is 3.48. The average Bonchev–Trinajstić information content (AvgIpc) is 2.83. The fourth-order valence-electron chi connectivity index (χ4n) is 1.67. The standard InChI is InChI=1S/C10H10N4O6/c1-4(15)7(10(16)17)11-5-2-3-6(14(18)19)9-8(5)12-20-13-9/h2-4,7,11,15H,1H3,(H,16,17)/t4-,7+/m1/s1. The van der Waals surface area contributed by atoms with Crippen molar-refractivity contribution in [3.05, 3.63) is 22.2 Å². The van der Waals surface area contributed by atoms with Crippen LogP contribution in [0.4, 0.5) is 11.4 Å². The molecule has 106 valence electrons. The highest BCUT2D eigenvalue weighted by Crippen LogP contribution is 2.29. The molecule has 0 radical (unpaired) electrons. The summed E-state index contributed by atoms with van der Waals surface area (Å²) in [6.07, 6.45) is -1.18. The lowest BCUT2D eigenvalue weighted by Crippen LogP contribution is -2.39. The van der Waals surface area contributed by atoms with Crippen molar-refractivity contribution < 1.29 is 24.6 Å². The Morgan fingerprint density at radius 3 is 2.65 bits per heavy atom. The van der Waals surface area contributed by atoms with Crippen LogP contribution in [0.2, 0.25) is 0 Å². The lowest BCUT2D eigenvalue weighted by atomic mass is 10.1. The summed E-state index contributed by atoms with van der Waals surface area (Å²) in [5.41, 5.74) is -0.225. The van der Waals surface area contributed by atoms with Crippen LogP contribution in [0.15, 0.2) is 16.8 Å². The van der Waals surface area contributed by atoms with Crippen LogP contribution >= 0.6 is 0 Å². The van der Waals surface area contributed by atoms with Crippen LogP contribution in [0, 0.1) is 10.1 Å². The number of benzene rings is 1. The molecule has 0 bridgehead atoms. The van der Waals surface area contributed by atoms with E-state index in [0.717, 1.165) is 6.07 Å². The highest BCUT2D eigenvalue weighted by atomic mass is 16.6. The first-order chi connectivity index (χ1) is 9.41. The van der Waals surface area contributed by atoms with Crippen molar-refractivity contribution in [2.75, 3.05) is 5.32 Å². The predicted octanol–water partition coefficient (Wildman–Crippen LogP) is 0.377. The number of nitrogens with zero attached hydrogens (tertiary/aromatic N) is 3. The summed E-state index contributed by atoms with van der Waals surface area (Å²) < 4.78 is 4.44. The van der Waals surface area contributed by atoms with Gasteiger partial charge >= 0.3 is 11.7 Å². The van der Waals surface area contributed by atoms with E-state index in [-0.39, 0.29) is 22.4 Å². The smallest absolute Gasteiger partial charge is 0.328 e. The molecule has 3 N–H and O–H groups in total. The Hall–Kier alpha value is -2.75. The Bertz CT molecular complexity index is 667. The molecule has 10 nitrogen and oxygen atoms in total. The number of non-ortho nitro benzene ring substituents is 1. The predicted molar refractivity (Wildman–Crippen MR) is 65.2 cm³/mol. The minimum Gasteiger partial charge on any atom is -0.480 e. The zero-order chi connectivity index (χ0) is 14.9. The van der Waals surface area contributed by atoms with Gasteiger partial charge in [-0.15, -0.1) is 0 Å². The number of nitro groups is 1. The van der Waals surface area contributed by atoms with Crippen molar-refractivity contribution in [1.82, 2.24) is 10.3 Å². The maximum Gasteiger partial charge on any atom is 0.328 e. The Morgan fingerprint density at radius 1 is 1.45 bits per heavy atom. The highest BCUT2D eigenvalue weighted by Gasteiger charge is 2.26. The van der Waals surface area contributed by atoms with Crippen molar-refractivity contribution in [2.45, 2.75) is 19.1 Å². The first-order valence-electron chi connectivity index (χ1n) is 5.49. The molecule has 0 saturated carbocycles. The number of hydrogen-bond acceptors (Lipinski definition) is 8. The van der Waals surface area contributed by atoms with E-state index in [1.807, 2.05) is 0 Å². The van der Waals surface area contributed by atoms with Crippen molar-refractivity contribution in [2.24, 2.45) is 0 Å². The second kappa shape index (κ2) is 5.09. The fraction of sp³-hybridized carbons (Fsp3) is 0.300. The molecule has 0 aliphatic carbocycles. The highest BCUT2D eigenvalue weighted by molar-refractivity contribution is 5.94. The third-order valence-corrected chi connectivity index (χ3v) is 2.65. The molecule has 20 heavy (non-hydrogen) atoms. The maximum atomic E-state index is 11.0. The quantitative estimate of drug-likeness (QED) is 0.521. The van der Waals surface area contributed by atoms with E-state index >= 15 is 0 Å². The van der Waals surface area contributed by atoms with Gasteiger partial charge in [-0.1, -0.05) is 0 Å². The van der Waals surface area contributed by atoms with Gasteiger partial charge in [0.05, 0.1) is 16.7 Å². The first-order valence-corrected chi connectivity index (χ1v) is 5.49. The molecule has 0 aliphatic heterocycles. The third-order valence-electron chi connectivity index (χ3n) is 2.65. The van der Waals surface area contributed by atoms with Gasteiger partial charge < -0.3 is 15.5 Å². The van der Waals surface area contributed by atoms with E-state index in [2.05, 4.69) is 20.3 Å². The van der Waals surface area contributed by atoms with Crippen LogP contribution in [-0.4, -0.2) is 43.6 Å². The van der Waals surface area contributed by atoms with Gasteiger partial charge in [0, 0.05) is 6.07 Å². The molecule has 0 amide bonds. The molecular formula is C10H10N4O6. The molecule has 2 atom stereocenters. The summed E-state index contributed by atoms with van der Waals surface area (Å²) in [6, 6.07) is 1.13. The van der Waals surface area contributed by atoms with Crippen LogP contribution in [0.25, 0.3) is 11.0 Å². The fourth-order valence-corrected chi connectivity index (χ4v) is 1.67. The first kappa shape index (κ1) is 13.7. The van der Waals surface area contributed by atoms with Crippen LogP contribution < -0.4 is 5.32 Å². The van der Waals surface area contributed by atoms with Gasteiger partial charge in [-0.2, -0.15) is 0 Å². The monoisotopic (exact) mass is 282 g/mol. The van der Waals surface area contributed by atoms with E-state index in [4.69, 9.17) is 5.11 Å². The molecule has 0 saturated heterocycles. The SMILES string of the molecule is C[C@@H](O)[C@H](Nc1ccc([N+](=O)[O-])c2nonc12)C(=O)O. The lowest BCUT2D eigenvalue weighted by Gasteiger charge is -2.17. The molecule has 2 aromatic rings. The Morgan fingerprint density at radius 2 is 2.10 bits per heavy atom. The van der Waals surface area contributed by atoms with Gasteiger partial charge in [0.2, 0.25) is 5.52 Å². The minimum atomic E-state index is -1.30. The molecular weight excluding hydrogens is 272 g/mol. The summed E-state index contributed by atoms with van der Waals surface area (Å²) >= 11 is 0. The number of aliphatic hydroxyl groups excluding tert-OH is 1. The number of aromatic nitrogens is 2. The second-order valence-corrected chi connectivity index (χ2v) is 4.05. The number of anilines is 1. The zero-order valence-electron chi connectivity index (χ0n) is 10.2. The average molecular weight is 282 g/mol. The van der Waals surface area contributed by atoms with Crippen molar-refractivity contribution in [3.8, 4) is 0 Å². The van der Waals surface area contributed by atoms with Gasteiger partial charge in [-0.05, 0) is 23.3 Å². The molecule has 2 rings (SSSR count). The Balaban J connectivity index is 2.46. The largest absolute Gasteiger partial charge is 0.480 e. The molecule has 10 heteroatoms. The summed E-state index contributed by atoms with van der Waals surface area (Å²) in [7, 11) is 0. The molecule has 1 aromatic heterocycles. The third kappa shape index (κ3) is 2.36. The second-order valence-electron chi connectivity index (χ2n) is 4.05. The molecule has 1 aromatic carbocycles. The number of carboxylic acid groups (broad SMARTS) is 1. The van der Waals surface area contributed by atoms with Gasteiger partial charge in [-0.25, -0.2) is 9.42 Å². The molecule has 0 unspecified atom stereocenters. The minimum absolute atomic E-state index is 0.0195. The summed E-state index contributed by atoms with van der Waals surface area (Å²) in [6.45, 7) is 1.30. The topological polar surface area (TPSA) is 152 Å². The number of fused-ring (bicyclic) bond motifs is 1. The van der Waals surface area contributed by atoms with Gasteiger partial charge in [0.25, 0.3) is 0 Å². The number of rotatable bonds is 5. The lowest BCUT2D eigenvalue weighted by molar-refractivity contribution is -0.383. The van der Waals surface area contributed by atoms with E-state index < -0.39 is 23.0 Å². The normalized spacial score (nSPS) is 13.9. The number of carbonyl (C=O) groups is 1. The van der Waals surface area contributed by atoms with Crippen molar-refractivity contribution >= 4 is 28.4 Å². The van der Waals surface area contributed by atoms with Crippen molar-refractivity contribution in [1.29, 1.82) is 0 Å². The van der Waals surface area contributed by atoms with Crippen LogP contribution in [-0.2, 0) is 4.79 Å². The molecule has 0 spiro atoms. The summed E-state index contributed by atoms with van der Waals surface area (Å²) in [5.74, 6) is -1.28. The number of aliphatic hydroxyl groups is 1. The molecule has 0 aliphatic rings. The number of aliphatic carboxylic acids is 1. The maximum absolute atomic E-state index is 11.0. The van der Waals surface area contributed by atoms with Crippen LogP contribution in [0.1, 0.15) is 6.92 Å². The number of nitro benzene ring substituents is 1. The molecule has 0 fully saturated rings. The summed E-state index contributed by atoms with van der Waals surface area (Å²) in [5, 5.41) is 38.6. The van der Waals surface area contributed by atoms with Gasteiger partial charge in [-0.3, -0.25) is 10.1 Å². The van der Waals surface area contributed by atoms with Gasteiger partial charge in [0.1, 0.15) is 0 Å². The Labute approximate surface area is 111 Å². The van der Waals surface area contributed by atoms with Crippen molar-refractivity contribution in [3.63, 3.8) is 0 Å². The number of hydrogen-bond donors (Lipinski definition) is 3. The number of carboxylic acids is 1. The van der Waals surface area contributed by atoms with Crippen LogP contribution in [0.5, 0.6) is 0 Å². The van der Waals surface area contributed by atoms with E-state index in [1.54, 1.807) is 0 Å². The summed E-state index contributed by atoms with van der Waals surface area (Å²) in [4.78, 5) is 21.2. The van der Waals surface area contributed by atoms with E-state index in [0.29, 0.717) is 0 Å². The number of nitrogens with one attached hydrogen (secondary N) is 1. The van der Waals surface area contributed by atoms with E-state index in [9.17, 15) is 20.0 Å². The molecule has 1 heterocycles. The van der Waals surface area contributed by atoms with Gasteiger partial charge in [0.15, 0.2) is 11.6 Å².